The van der Waals surface area contributed by atoms with Gasteiger partial charge < -0.3 is 10.0 Å². The van der Waals surface area contributed by atoms with Gasteiger partial charge in [0.05, 0.1) is 0 Å². The van der Waals surface area contributed by atoms with Gasteiger partial charge in [-0.25, -0.2) is 10.0 Å². The molecule has 0 N–H and O–H groups in total. The largest absolute Gasteiger partial charge is 0.316 e. The topological polar surface area (TPSA) is 13.0 Å². The maximum Gasteiger partial charge on any atom is 0.0461 e. The van der Waals surface area contributed by atoms with Crippen molar-refractivity contribution in [2.75, 3.05) is 34.7 Å². The van der Waals surface area contributed by atoms with Crippen molar-refractivity contribution < 1.29 is 0 Å². The average molecular weight is 224 g/mol. The van der Waals surface area contributed by atoms with Gasteiger partial charge in [0.1, 0.15) is 0 Å². The summed E-state index contributed by atoms with van der Waals surface area (Å²) in [5.74, 6) is 0. The third-order valence-corrected chi connectivity index (χ3v) is 3.28. The fraction of sp³-hybridized carbons (Fsp3) is 0.667. The van der Waals surface area contributed by atoms with Gasteiger partial charge in [-0.2, -0.15) is 0 Å². The molecule has 4 nitrogen and oxygen atoms in total. The zero-order valence-corrected chi connectivity index (χ0v) is 11.3. The molecule has 16 heavy (non-hydrogen) atoms. The first-order valence-electron chi connectivity index (χ1n) is 5.69. The molecular weight excluding hydrogens is 200 g/mol. The second kappa shape index (κ2) is 5.37. The SMILES string of the molecule is CC1=CC(C)N(C)N1C.CN1C=CCN1C. The van der Waals surface area contributed by atoms with E-state index in [-0.39, 0.29) is 0 Å². The van der Waals surface area contributed by atoms with Crippen molar-refractivity contribution in [1.82, 2.24) is 20.0 Å². The smallest absolute Gasteiger partial charge is 0.0461 e. The van der Waals surface area contributed by atoms with Crippen LogP contribution in [0.25, 0.3) is 0 Å². The predicted octanol–water partition coefficient (Wildman–Crippen LogP) is 1.36. The molecule has 0 spiro atoms. The van der Waals surface area contributed by atoms with E-state index in [1.165, 1.54) is 5.70 Å². The van der Waals surface area contributed by atoms with Gasteiger partial charge in [0, 0.05) is 52.7 Å². The molecule has 4 heteroatoms. The molecule has 2 aliphatic rings. The van der Waals surface area contributed by atoms with Crippen LogP contribution in [0.5, 0.6) is 0 Å². The summed E-state index contributed by atoms with van der Waals surface area (Å²) in [6.45, 7) is 5.36. The molecule has 0 aromatic rings. The van der Waals surface area contributed by atoms with Crippen LogP contribution in [-0.4, -0.2) is 60.8 Å². The molecule has 0 amide bonds. The summed E-state index contributed by atoms with van der Waals surface area (Å²) in [4.78, 5) is 0. The van der Waals surface area contributed by atoms with Crippen LogP contribution < -0.4 is 0 Å². The molecule has 92 valence electrons. The van der Waals surface area contributed by atoms with Gasteiger partial charge in [-0.1, -0.05) is 6.08 Å². The fourth-order valence-corrected chi connectivity index (χ4v) is 1.68. The van der Waals surface area contributed by atoms with E-state index < -0.39 is 0 Å². The Hall–Kier alpha value is -1.00. The third-order valence-electron chi connectivity index (χ3n) is 3.28. The first-order chi connectivity index (χ1) is 7.43. The molecule has 2 rings (SSSR count). The molecule has 2 aliphatic heterocycles. The Bertz CT molecular complexity index is 285. The van der Waals surface area contributed by atoms with Crippen molar-refractivity contribution in [3.05, 3.63) is 24.0 Å². The number of nitrogens with zero attached hydrogens (tertiary/aromatic N) is 4. The molecular formula is C12H24N4. The second-order valence-electron chi connectivity index (χ2n) is 4.44. The summed E-state index contributed by atoms with van der Waals surface area (Å²) in [6.07, 6.45) is 6.43. The number of hydrogen-bond donors (Lipinski definition) is 0. The predicted molar refractivity (Wildman–Crippen MR) is 68.3 cm³/mol. The van der Waals surface area contributed by atoms with Crippen molar-refractivity contribution in [3.63, 3.8) is 0 Å². The molecule has 0 saturated carbocycles. The molecule has 0 aromatic carbocycles. The highest BCUT2D eigenvalue weighted by molar-refractivity contribution is 5.06. The van der Waals surface area contributed by atoms with Crippen molar-refractivity contribution in [2.45, 2.75) is 19.9 Å². The van der Waals surface area contributed by atoms with Gasteiger partial charge in [-0.15, -0.1) is 0 Å². The Morgan fingerprint density at radius 1 is 1.19 bits per heavy atom. The molecule has 0 bridgehead atoms. The Kier molecular flexibility index (Phi) is 4.38. The quantitative estimate of drug-likeness (QED) is 0.616. The highest BCUT2D eigenvalue weighted by Gasteiger charge is 2.18. The highest BCUT2D eigenvalue weighted by Crippen LogP contribution is 2.16. The van der Waals surface area contributed by atoms with E-state index in [2.05, 4.69) is 73.4 Å². The van der Waals surface area contributed by atoms with Crippen LogP contribution in [0.2, 0.25) is 0 Å². The maximum atomic E-state index is 2.25. The van der Waals surface area contributed by atoms with Crippen molar-refractivity contribution in [1.29, 1.82) is 0 Å². The van der Waals surface area contributed by atoms with Crippen LogP contribution >= 0.6 is 0 Å². The van der Waals surface area contributed by atoms with Crippen molar-refractivity contribution >= 4 is 0 Å². The van der Waals surface area contributed by atoms with E-state index in [0.29, 0.717) is 6.04 Å². The summed E-state index contributed by atoms with van der Waals surface area (Å²) in [6, 6.07) is 0.565. The first kappa shape index (κ1) is 13.1. The Balaban J connectivity index is 0.000000165. The van der Waals surface area contributed by atoms with Gasteiger partial charge in [-0.3, -0.25) is 0 Å². The third kappa shape index (κ3) is 3.00. The van der Waals surface area contributed by atoms with Crippen LogP contribution in [-0.2, 0) is 0 Å². The van der Waals surface area contributed by atoms with E-state index in [4.69, 9.17) is 0 Å². The van der Waals surface area contributed by atoms with Gasteiger partial charge in [0.25, 0.3) is 0 Å². The molecule has 0 fully saturated rings. The lowest BCUT2D eigenvalue weighted by Crippen LogP contribution is -2.34. The first-order valence-corrected chi connectivity index (χ1v) is 5.69. The number of allylic oxidation sites excluding steroid dienone is 1. The minimum absolute atomic E-state index is 0.565. The number of hydrazine groups is 2. The Labute approximate surface area is 99.3 Å². The van der Waals surface area contributed by atoms with E-state index in [1.807, 2.05) is 7.05 Å². The fourth-order valence-electron chi connectivity index (χ4n) is 1.68. The van der Waals surface area contributed by atoms with Crippen LogP contribution in [0.3, 0.4) is 0 Å². The average Bonchev–Trinajstić information content (AvgIpc) is 2.70. The molecule has 2 heterocycles. The molecule has 0 radical (unpaired) electrons. The minimum Gasteiger partial charge on any atom is -0.316 e. The zero-order valence-electron chi connectivity index (χ0n) is 11.3. The Morgan fingerprint density at radius 2 is 1.81 bits per heavy atom. The highest BCUT2D eigenvalue weighted by atomic mass is 15.6. The van der Waals surface area contributed by atoms with Gasteiger partial charge in [-0.05, 0) is 19.9 Å². The zero-order chi connectivity index (χ0) is 12.3. The van der Waals surface area contributed by atoms with E-state index in [1.54, 1.807) is 0 Å². The maximum absolute atomic E-state index is 2.25. The minimum atomic E-state index is 0.565. The summed E-state index contributed by atoms with van der Waals surface area (Å²) < 4.78 is 0. The lowest BCUT2D eigenvalue weighted by atomic mass is 10.3. The molecule has 0 aromatic heterocycles. The molecule has 1 atom stereocenters. The van der Waals surface area contributed by atoms with E-state index in [0.717, 1.165) is 6.54 Å². The Morgan fingerprint density at radius 3 is 1.94 bits per heavy atom. The van der Waals surface area contributed by atoms with Crippen LogP contribution in [0, 0.1) is 0 Å². The molecule has 0 aliphatic carbocycles. The van der Waals surface area contributed by atoms with Crippen molar-refractivity contribution in [3.8, 4) is 0 Å². The number of rotatable bonds is 0. The standard InChI is InChI=1S/C7H14N2.C5H10N2/c1-6-5-7(2)9(4)8(6)3;1-6-4-3-5-7(6)2/h5-6H,1-4H3;3-4H,5H2,1-2H3. The monoisotopic (exact) mass is 224 g/mol. The molecule has 0 saturated heterocycles. The van der Waals surface area contributed by atoms with Gasteiger partial charge in [0.15, 0.2) is 0 Å². The number of likely N-dealkylation sites (N-methyl/N-ethyl adjacent to an activating group) is 2. The van der Waals surface area contributed by atoms with Crippen LogP contribution in [0.15, 0.2) is 24.0 Å². The summed E-state index contributed by atoms with van der Waals surface area (Å²) in [5, 5.41) is 8.54. The summed E-state index contributed by atoms with van der Waals surface area (Å²) >= 11 is 0. The van der Waals surface area contributed by atoms with E-state index >= 15 is 0 Å². The van der Waals surface area contributed by atoms with Crippen molar-refractivity contribution in [2.24, 2.45) is 0 Å². The lowest BCUT2D eigenvalue weighted by Gasteiger charge is -2.26. The van der Waals surface area contributed by atoms with Gasteiger partial charge in [0.2, 0.25) is 0 Å². The van der Waals surface area contributed by atoms with E-state index in [9.17, 15) is 0 Å². The van der Waals surface area contributed by atoms with Crippen LogP contribution in [0.1, 0.15) is 13.8 Å². The normalized spacial score (nSPS) is 25.9. The lowest BCUT2D eigenvalue weighted by molar-refractivity contribution is 0.0693. The number of hydrogen-bond acceptors (Lipinski definition) is 4. The summed E-state index contributed by atoms with van der Waals surface area (Å²) in [7, 11) is 8.26. The second-order valence-corrected chi connectivity index (χ2v) is 4.44. The summed E-state index contributed by atoms with van der Waals surface area (Å²) in [5.41, 5.74) is 1.34. The van der Waals surface area contributed by atoms with Gasteiger partial charge >= 0.3 is 0 Å². The van der Waals surface area contributed by atoms with Crippen LogP contribution in [0.4, 0.5) is 0 Å². The molecule has 1 unspecified atom stereocenters.